The molecule has 0 spiro atoms. The molecular formula is C14H16O5. The maximum absolute atomic E-state index is 9.81. The first-order valence-electron chi connectivity index (χ1n) is 5.90. The van der Waals surface area contributed by atoms with Gasteiger partial charge in [-0.3, -0.25) is 0 Å². The van der Waals surface area contributed by atoms with Crippen LogP contribution in [0.4, 0.5) is 0 Å². The van der Waals surface area contributed by atoms with E-state index >= 15 is 0 Å². The Labute approximate surface area is 110 Å². The van der Waals surface area contributed by atoms with Gasteiger partial charge in [0.15, 0.2) is 17.8 Å². The maximum atomic E-state index is 9.81. The Balaban J connectivity index is 2.38. The van der Waals surface area contributed by atoms with Crippen LogP contribution in [0.25, 0.3) is 5.57 Å². The second kappa shape index (κ2) is 4.95. The third kappa shape index (κ3) is 2.43. The van der Waals surface area contributed by atoms with E-state index in [9.17, 15) is 25.5 Å². The van der Waals surface area contributed by atoms with E-state index in [4.69, 9.17) is 0 Å². The van der Waals surface area contributed by atoms with E-state index in [0.717, 1.165) is 5.57 Å². The molecule has 5 N–H and O–H groups in total. The van der Waals surface area contributed by atoms with E-state index in [1.807, 2.05) is 0 Å². The average Bonchev–Trinajstić information content (AvgIpc) is 2.35. The van der Waals surface area contributed by atoms with Gasteiger partial charge in [-0.1, -0.05) is 17.7 Å². The number of rotatable bonds is 2. The summed E-state index contributed by atoms with van der Waals surface area (Å²) in [7, 11) is 0. The highest BCUT2D eigenvalue weighted by molar-refractivity contribution is 5.81. The van der Waals surface area contributed by atoms with Gasteiger partial charge < -0.3 is 25.5 Å². The van der Waals surface area contributed by atoms with Gasteiger partial charge in [-0.05, 0) is 31.1 Å². The fourth-order valence-electron chi connectivity index (χ4n) is 2.20. The highest BCUT2D eigenvalue weighted by Gasteiger charge is 2.23. The van der Waals surface area contributed by atoms with Gasteiger partial charge in [0.2, 0.25) is 5.75 Å². The lowest BCUT2D eigenvalue weighted by atomic mass is 9.86. The van der Waals surface area contributed by atoms with E-state index in [1.54, 1.807) is 19.1 Å². The molecule has 0 heterocycles. The van der Waals surface area contributed by atoms with Crippen molar-refractivity contribution in [1.82, 2.24) is 0 Å². The topological polar surface area (TPSA) is 101 Å². The largest absolute Gasteiger partial charge is 0.504 e. The van der Waals surface area contributed by atoms with Crippen molar-refractivity contribution in [2.45, 2.75) is 19.6 Å². The van der Waals surface area contributed by atoms with Gasteiger partial charge in [-0.2, -0.15) is 0 Å². The molecule has 0 amide bonds. The lowest BCUT2D eigenvalue weighted by Gasteiger charge is -2.23. The normalized spacial score (nSPS) is 19.3. The first kappa shape index (κ1) is 13.5. The Morgan fingerprint density at radius 1 is 1.11 bits per heavy atom. The Hall–Kier alpha value is -1.98. The van der Waals surface area contributed by atoms with E-state index in [1.165, 1.54) is 12.1 Å². The number of phenolic OH excluding ortho intramolecular Hbond substituents is 3. The molecule has 1 unspecified atom stereocenters. The summed E-state index contributed by atoms with van der Waals surface area (Å²) in [6.45, 7) is 1.77. The van der Waals surface area contributed by atoms with Crippen molar-refractivity contribution in [2.75, 3.05) is 0 Å². The lowest BCUT2D eigenvalue weighted by Crippen LogP contribution is -2.21. The molecule has 0 bridgehead atoms. The summed E-state index contributed by atoms with van der Waals surface area (Å²) in [5.74, 6) is -1.70. The van der Waals surface area contributed by atoms with Crippen molar-refractivity contribution < 1.29 is 25.5 Å². The Kier molecular flexibility index (Phi) is 3.50. The molecule has 1 aliphatic carbocycles. The Bertz CT molecular complexity index is 557. The number of aliphatic hydroxyl groups excluding tert-OH is 1. The molecule has 102 valence electrons. The minimum Gasteiger partial charge on any atom is -0.504 e. The van der Waals surface area contributed by atoms with Crippen LogP contribution in [-0.2, 0) is 0 Å². The number of hydrogen-bond donors (Lipinski definition) is 5. The number of hydrogen-bond acceptors (Lipinski definition) is 5. The number of benzene rings is 1. The van der Waals surface area contributed by atoms with Crippen molar-refractivity contribution >= 4 is 5.57 Å². The highest BCUT2D eigenvalue weighted by atomic mass is 16.5. The molecule has 2 rings (SSSR count). The molecule has 0 fully saturated rings. The second-order valence-corrected chi connectivity index (χ2v) is 4.63. The maximum Gasteiger partial charge on any atom is 0.200 e. The van der Waals surface area contributed by atoms with Crippen LogP contribution >= 0.6 is 0 Å². The van der Waals surface area contributed by atoms with Crippen LogP contribution in [0.2, 0.25) is 0 Å². The molecule has 0 aliphatic heterocycles. The lowest BCUT2D eigenvalue weighted by molar-refractivity contribution is -0.0723. The predicted molar refractivity (Wildman–Crippen MR) is 69.5 cm³/mol. The first-order chi connectivity index (χ1) is 8.91. The zero-order chi connectivity index (χ0) is 14.2. The summed E-state index contributed by atoms with van der Waals surface area (Å²) >= 11 is 0. The number of phenols is 3. The first-order valence-corrected chi connectivity index (χ1v) is 5.90. The summed E-state index contributed by atoms with van der Waals surface area (Å²) in [6.07, 6.45) is 2.48. The van der Waals surface area contributed by atoms with Crippen molar-refractivity contribution in [3.05, 3.63) is 35.4 Å². The molecule has 5 nitrogen and oxygen atoms in total. The summed E-state index contributed by atoms with van der Waals surface area (Å²) in [4.78, 5) is 0. The summed E-state index contributed by atoms with van der Waals surface area (Å²) in [5.41, 5.74) is 1.84. The SMILES string of the molecule is CC1=CC(c2ccc(O)c(O)c2O)=CCC1C(O)O. The number of aromatic hydroxyl groups is 3. The van der Waals surface area contributed by atoms with Crippen LogP contribution in [0.15, 0.2) is 29.9 Å². The molecule has 19 heavy (non-hydrogen) atoms. The van der Waals surface area contributed by atoms with E-state index in [0.29, 0.717) is 17.6 Å². The van der Waals surface area contributed by atoms with Crippen molar-refractivity contribution in [2.24, 2.45) is 5.92 Å². The molecule has 0 radical (unpaired) electrons. The monoisotopic (exact) mass is 264 g/mol. The predicted octanol–water partition coefficient (Wildman–Crippen LogP) is 1.46. The van der Waals surface area contributed by atoms with Crippen molar-refractivity contribution in [3.63, 3.8) is 0 Å². The smallest absolute Gasteiger partial charge is 0.200 e. The fraction of sp³-hybridized carbons (Fsp3) is 0.286. The standard InChI is InChI=1S/C14H16O5/c1-7-6-8(2-3-9(7)14(18)19)10-4-5-11(15)13(17)12(10)16/h2,4-6,9,14-19H,3H2,1H3. The fourth-order valence-corrected chi connectivity index (χ4v) is 2.20. The zero-order valence-corrected chi connectivity index (χ0v) is 10.4. The van der Waals surface area contributed by atoms with Crippen LogP contribution < -0.4 is 0 Å². The third-order valence-electron chi connectivity index (χ3n) is 3.36. The van der Waals surface area contributed by atoms with Crippen molar-refractivity contribution in [1.29, 1.82) is 0 Å². The number of allylic oxidation sites excluding steroid dienone is 3. The molecule has 0 saturated heterocycles. The quantitative estimate of drug-likeness (QED) is 0.411. The van der Waals surface area contributed by atoms with Crippen LogP contribution in [0, 0.1) is 5.92 Å². The highest BCUT2D eigenvalue weighted by Crippen LogP contribution is 2.42. The minimum absolute atomic E-state index is 0.364. The van der Waals surface area contributed by atoms with E-state index < -0.39 is 17.8 Å². The molecule has 1 aliphatic rings. The summed E-state index contributed by atoms with van der Waals surface area (Å²) < 4.78 is 0. The van der Waals surface area contributed by atoms with Crippen LogP contribution in [0.1, 0.15) is 18.9 Å². The molecule has 5 heteroatoms. The molecule has 0 aromatic heterocycles. The minimum atomic E-state index is -1.42. The van der Waals surface area contributed by atoms with Gasteiger partial charge in [0.05, 0.1) is 0 Å². The van der Waals surface area contributed by atoms with Crippen LogP contribution in [-0.4, -0.2) is 31.8 Å². The van der Waals surface area contributed by atoms with Gasteiger partial charge in [0.25, 0.3) is 0 Å². The molecule has 0 saturated carbocycles. The van der Waals surface area contributed by atoms with Crippen LogP contribution in [0.5, 0.6) is 17.2 Å². The summed E-state index contributed by atoms with van der Waals surface area (Å²) in [6, 6.07) is 2.79. The van der Waals surface area contributed by atoms with Crippen LogP contribution in [0.3, 0.4) is 0 Å². The van der Waals surface area contributed by atoms with E-state index in [-0.39, 0.29) is 11.7 Å². The van der Waals surface area contributed by atoms with Gasteiger partial charge >= 0.3 is 0 Å². The molecule has 1 aromatic rings. The molecular weight excluding hydrogens is 248 g/mol. The van der Waals surface area contributed by atoms with Gasteiger partial charge in [0, 0.05) is 11.5 Å². The summed E-state index contributed by atoms with van der Waals surface area (Å²) in [5, 5.41) is 47.0. The van der Waals surface area contributed by atoms with Gasteiger partial charge in [-0.15, -0.1) is 0 Å². The number of aliphatic hydroxyl groups is 2. The average molecular weight is 264 g/mol. The van der Waals surface area contributed by atoms with Gasteiger partial charge in [-0.25, -0.2) is 0 Å². The molecule has 1 atom stereocenters. The Morgan fingerprint density at radius 2 is 1.79 bits per heavy atom. The van der Waals surface area contributed by atoms with Gasteiger partial charge in [0.1, 0.15) is 0 Å². The second-order valence-electron chi connectivity index (χ2n) is 4.63. The van der Waals surface area contributed by atoms with E-state index in [2.05, 4.69) is 0 Å². The Morgan fingerprint density at radius 3 is 2.37 bits per heavy atom. The van der Waals surface area contributed by atoms with Crippen molar-refractivity contribution in [3.8, 4) is 17.2 Å². The zero-order valence-electron chi connectivity index (χ0n) is 10.4. The third-order valence-corrected chi connectivity index (χ3v) is 3.36. The molecule has 1 aromatic carbocycles.